The maximum atomic E-state index is 13.4. The zero-order chi connectivity index (χ0) is 24.1. The Morgan fingerprint density at radius 3 is 2.24 bits per heavy atom. The third-order valence-electron chi connectivity index (χ3n) is 6.08. The monoisotopic (exact) mass is 456 g/mol. The van der Waals surface area contributed by atoms with E-state index in [9.17, 15) is 14.0 Å². The molecule has 9 heteroatoms. The molecule has 2 fully saturated rings. The first-order chi connectivity index (χ1) is 15.3. The lowest BCUT2D eigenvalue weighted by atomic mass is 9.92. The van der Waals surface area contributed by atoms with Crippen molar-refractivity contribution < 1.29 is 23.5 Å². The average Bonchev–Trinajstić information content (AvgIpc) is 3.15. The smallest absolute Gasteiger partial charge is 0.410 e. The average molecular weight is 457 g/mol. The second-order valence-electron chi connectivity index (χ2n) is 9.95. The molecule has 1 unspecified atom stereocenters. The number of primary amides is 1. The molecule has 0 bridgehead atoms. The number of piperidine rings is 1. The summed E-state index contributed by atoms with van der Waals surface area (Å²) in [5, 5.41) is 0. The van der Waals surface area contributed by atoms with Gasteiger partial charge in [-0.15, -0.1) is 0 Å². The number of carbonyl (C=O) groups excluding carboxylic acids is 2. The summed E-state index contributed by atoms with van der Waals surface area (Å²) in [6, 6.07) is 9.11. The fraction of sp³-hybridized carbons (Fsp3) is 0.458. The van der Waals surface area contributed by atoms with Crippen LogP contribution in [0.3, 0.4) is 0 Å². The van der Waals surface area contributed by atoms with E-state index < -0.39 is 17.0 Å². The van der Waals surface area contributed by atoms with E-state index in [1.807, 2.05) is 20.8 Å². The van der Waals surface area contributed by atoms with Crippen LogP contribution in [-0.4, -0.2) is 46.7 Å². The highest BCUT2D eigenvalue weighted by Crippen LogP contribution is 2.48. The standard InChI is InChI=1S/C24H29FN4O4/c1-23(2,3)33-22(31)29-11-16-17(12-29)20(16)32-19-10-14(24(4,27)21(26)30)9-18(28-19)13-5-7-15(25)8-6-13/h5-10,16-17,20H,11-12,27H2,1-4H3,(H2,26,30)/t16-,17+,20-,24?. The lowest BCUT2D eigenvalue weighted by Gasteiger charge is -2.26. The molecule has 8 nitrogen and oxygen atoms in total. The van der Waals surface area contributed by atoms with Gasteiger partial charge in [0.1, 0.15) is 23.1 Å². The molecule has 0 spiro atoms. The number of ether oxygens (including phenoxy) is 2. The van der Waals surface area contributed by atoms with Gasteiger partial charge in [-0.3, -0.25) is 4.79 Å². The van der Waals surface area contributed by atoms with E-state index in [4.69, 9.17) is 20.9 Å². The third kappa shape index (κ3) is 4.78. The number of hydrogen-bond donors (Lipinski definition) is 2. The molecule has 33 heavy (non-hydrogen) atoms. The summed E-state index contributed by atoms with van der Waals surface area (Å²) in [5.41, 5.74) is 11.3. The van der Waals surface area contributed by atoms with E-state index in [1.165, 1.54) is 19.1 Å². The van der Waals surface area contributed by atoms with Crippen LogP contribution in [0.4, 0.5) is 9.18 Å². The number of fused-ring (bicyclic) bond motifs is 1. The highest BCUT2D eigenvalue weighted by Gasteiger charge is 2.59. The number of carbonyl (C=O) groups is 2. The van der Waals surface area contributed by atoms with Crippen LogP contribution in [0.5, 0.6) is 5.88 Å². The first-order valence-electron chi connectivity index (χ1n) is 10.9. The molecule has 4 rings (SSSR count). The number of nitrogens with zero attached hydrogens (tertiary/aromatic N) is 2. The lowest BCUT2D eigenvalue weighted by Crippen LogP contribution is -2.46. The van der Waals surface area contributed by atoms with Crippen LogP contribution in [0.25, 0.3) is 11.3 Å². The Kier molecular flexibility index (Phi) is 5.56. The molecule has 1 aliphatic carbocycles. The van der Waals surface area contributed by atoms with Crippen molar-refractivity contribution in [3.8, 4) is 17.1 Å². The van der Waals surface area contributed by atoms with Crippen molar-refractivity contribution in [2.24, 2.45) is 23.3 Å². The van der Waals surface area contributed by atoms with E-state index in [2.05, 4.69) is 4.98 Å². The summed E-state index contributed by atoms with van der Waals surface area (Å²) in [7, 11) is 0. The molecule has 176 valence electrons. The van der Waals surface area contributed by atoms with Gasteiger partial charge in [0.2, 0.25) is 11.8 Å². The number of amides is 2. The third-order valence-corrected chi connectivity index (χ3v) is 6.08. The molecule has 0 radical (unpaired) electrons. The van der Waals surface area contributed by atoms with E-state index in [-0.39, 0.29) is 29.9 Å². The maximum Gasteiger partial charge on any atom is 0.410 e. The number of aromatic nitrogens is 1. The van der Waals surface area contributed by atoms with Gasteiger partial charge in [-0.25, -0.2) is 14.2 Å². The number of nitrogens with two attached hydrogens (primary N) is 2. The minimum absolute atomic E-state index is 0.106. The molecular formula is C24H29FN4O4. The van der Waals surface area contributed by atoms with E-state index in [1.54, 1.807) is 29.2 Å². The number of halogens is 1. The molecule has 2 aromatic rings. The molecule has 1 saturated carbocycles. The SMILES string of the molecule is CC(C)(C)OC(=O)N1C[C@@H]2[C@H](C1)[C@@H]2Oc1cc(C(C)(N)C(N)=O)cc(-c2ccc(F)cc2)n1. The summed E-state index contributed by atoms with van der Waals surface area (Å²) in [6.45, 7) is 8.12. The van der Waals surface area contributed by atoms with Crippen molar-refractivity contribution >= 4 is 12.0 Å². The molecular weight excluding hydrogens is 427 g/mol. The second kappa shape index (κ2) is 7.98. The minimum Gasteiger partial charge on any atom is -0.474 e. The van der Waals surface area contributed by atoms with Crippen molar-refractivity contribution in [1.29, 1.82) is 0 Å². The van der Waals surface area contributed by atoms with Gasteiger partial charge in [-0.2, -0.15) is 0 Å². The predicted octanol–water partition coefficient (Wildman–Crippen LogP) is 2.79. The number of pyridine rings is 1. The Labute approximate surface area is 192 Å². The van der Waals surface area contributed by atoms with E-state index in [0.29, 0.717) is 35.8 Å². The van der Waals surface area contributed by atoms with Crippen molar-refractivity contribution in [3.05, 3.63) is 47.8 Å². The Hall–Kier alpha value is -3.20. The van der Waals surface area contributed by atoms with Crippen LogP contribution in [0.2, 0.25) is 0 Å². The van der Waals surface area contributed by atoms with Crippen molar-refractivity contribution in [2.45, 2.75) is 44.9 Å². The number of likely N-dealkylation sites (tertiary alicyclic amines) is 1. The van der Waals surface area contributed by atoms with Crippen LogP contribution in [0.1, 0.15) is 33.3 Å². The summed E-state index contributed by atoms with van der Waals surface area (Å²) in [6.07, 6.45) is -0.433. The first-order valence-corrected chi connectivity index (χ1v) is 10.9. The Bertz CT molecular complexity index is 1070. The van der Waals surface area contributed by atoms with Gasteiger partial charge in [0.25, 0.3) is 0 Å². The van der Waals surface area contributed by atoms with Gasteiger partial charge >= 0.3 is 6.09 Å². The van der Waals surface area contributed by atoms with Crippen LogP contribution < -0.4 is 16.2 Å². The molecule has 2 amide bonds. The zero-order valence-corrected chi connectivity index (χ0v) is 19.2. The fourth-order valence-electron chi connectivity index (χ4n) is 4.04. The van der Waals surface area contributed by atoms with E-state index in [0.717, 1.165) is 0 Å². The summed E-state index contributed by atoms with van der Waals surface area (Å²) in [4.78, 5) is 30.5. The summed E-state index contributed by atoms with van der Waals surface area (Å²) >= 11 is 0. The van der Waals surface area contributed by atoms with Crippen LogP contribution in [0, 0.1) is 17.7 Å². The molecule has 2 aliphatic rings. The van der Waals surface area contributed by atoms with Gasteiger partial charge in [-0.05, 0) is 63.6 Å². The van der Waals surface area contributed by atoms with Gasteiger partial charge in [0.15, 0.2) is 0 Å². The van der Waals surface area contributed by atoms with Crippen molar-refractivity contribution in [3.63, 3.8) is 0 Å². The van der Waals surface area contributed by atoms with Gasteiger partial charge in [0, 0.05) is 36.6 Å². The number of benzene rings is 1. The van der Waals surface area contributed by atoms with Crippen molar-refractivity contribution in [1.82, 2.24) is 9.88 Å². The van der Waals surface area contributed by atoms with Gasteiger partial charge in [-0.1, -0.05) is 0 Å². The van der Waals surface area contributed by atoms with Gasteiger partial charge in [0.05, 0.1) is 5.69 Å². The first kappa shape index (κ1) is 23.0. The highest BCUT2D eigenvalue weighted by atomic mass is 19.1. The number of hydrogen-bond acceptors (Lipinski definition) is 6. The molecule has 4 N–H and O–H groups in total. The van der Waals surface area contributed by atoms with Crippen molar-refractivity contribution in [2.75, 3.05) is 13.1 Å². The normalized spacial score (nSPS) is 23.5. The van der Waals surface area contributed by atoms with Crippen LogP contribution >= 0.6 is 0 Å². The topological polar surface area (TPSA) is 121 Å². The molecule has 1 aromatic heterocycles. The fourth-order valence-corrected chi connectivity index (χ4v) is 4.04. The highest BCUT2D eigenvalue weighted by molar-refractivity contribution is 5.86. The quantitative estimate of drug-likeness (QED) is 0.714. The van der Waals surface area contributed by atoms with Crippen LogP contribution in [-0.2, 0) is 15.1 Å². The largest absolute Gasteiger partial charge is 0.474 e. The number of rotatable bonds is 5. The Morgan fingerprint density at radius 2 is 1.70 bits per heavy atom. The Balaban J connectivity index is 1.53. The second-order valence-corrected chi connectivity index (χ2v) is 9.95. The van der Waals surface area contributed by atoms with Gasteiger partial charge < -0.3 is 25.8 Å². The molecule has 1 aromatic carbocycles. The molecule has 1 aliphatic heterocycles. The zero-order valence-electron chi connectivity index (χ0n) is 19.2. The maximum absolute atomic E-state index is 13.4. The summed E-state index contributed by atoms with van der Waals surface area (Å²) < 4.78 is 25.0. The molecule has 1 saturated heterocycles. The van der Waals surface area contributed by atoms with Crippen LogP contribution in [0.15, 0.2) is 36.4 Å². The summed E-state index contributed by atoms with van der Waals surface area (Å²) in [5.74, 6) is -0.406. The molecule has 4 atom stereocenters. The van der Waals surface area contributed by atoms with E-state index >= 15 is 0 Å². The minimum atomic E-state index is -1.44. The lowest BCUT2D eigenvalue weighted by molar-refractivity contribution is -0.122. The predicted molar refractivity (Wildman–Crippen MR) is 120 cm³/mol. The molecule has 2 heterocycles. The Morgan fingerprint density at radius 1 is 1.09 bits per heavy atom.